The van der Waals surface area contributed by atoms with Gasteiger partial charge >= 0.3 is 5.97 Å². The van der Waals surface area contributed by atoms with Crippen LogP contribution in [-0.4, -0.2) is 11.1 Å². The van der Waals surface area contributed by atoms with Crippen LogP contribution in [0.1, 0.15) is 28.1 Å². The number of aryl methyl sites for hydroxylation is 2. The Kier molecular flexibility index (Phi) is 1.63. The number of carbonyl (C=O) groups is 1. The van der Waals surface area contributed by atoms with E-state index in [1.54, 1.807) is 18.2 Å². The third-order valence-electron chi connectivity index (χ3n) is 2.95. The Balaban J connectivity index is 2.29. The number of benzene rings is 1. The van der Waals surface area contributed by atoms with Gasteiger partial charge in [-0.05, 0) is 31.0 Å². The highest BCUT2D eigenvalue weighted by molar-refractivity contribution is 5.94. The fourth-order valence-electron chi connectivity index (χ4n) is 2.23. The lowest BCUT2D eigenvalue weighted by Crippen LogP contribution is -1.94. The lowest BCUT2D eigenvalue weighted by atomic mass is 10.1. The first-order valence-electron chi connectivity index (χ1n) is 5.03. The molecule has 76 valence electrons. The highest BCUT2D eigenvalue weighted by Crippen LogP contribution is 2.33. The molecule has 0 fully saturated rings. The van der Waals surface area contributed by atoms with E-state index in [0.717, 1.165) is 36.0 Å². The molecule has 2 aromatic rings. The molecule has 3 nitrogen and oxygen atoms in total. The van der Waals surface area contributed by atoms with Gasteiger partial charge in [-0.3, -0.25) is 0 Å². The first-order valence-corrected chi connectivity index (χ1v) is 5.03. The number of fused-ring (bicyclic) bond motifs is 3. The van der Waals surface area contributed by atoms with Gasteiger partial charge < -0.3 is 9.52 Å². The Bertz CT molecular complexity index is 551. The fraction of sp³-hybridized carbons (Fsp3) is 0.250. The quantitative estimate of drug-likeness (QED) is 0.773. The van der Waals surface area contributed by atoms with Crippen LogP contribution in [-0.2, 0) is 12.8 Å². The van der Waals surface area contributed by atoms with Crippen molar-refractivity contribution in [1.29, 1.82) is 0 Å². The molecule has 0 unspecified atom stereocenters. The van der Waals surface area contributed by atoms with E-state index >= 15 is 0 Å². The van der Waals surface area contributed by atoms with Crippen LogP contribution < -0.4 is 0 Å². The van der Waals surface area contributed by atoms with Crippen molar-refractivity contribution in [1.82, 2.24) is 0 Å². The first-order chi connectivity index (χ1) is 7.25. The summed E-state index contributed by atoms with van der Waals surface area (Å²) in [5.41, 5.74) is 2.34. The SMILES string of the molecule is O=C(O)c1ccc2oc3c(c2c1)CCC3. The Morgan fingerprint density at radius 3 is 3.00 bits per heavy atom. The average Bonchev–Trinajstić information content (AvgIpc) is 2.75. The monoisotopic (exact) mass is 202 g/mol. The smallest absolute Gasteiger partial charge is 0.335 e. The third-order valence-corrected chi connectivity index (χ3v) is 2.95. The molecule has 1 aliphatic carbocycles. The molecule has 0 aliphatic heterocycles. The Morgan fingerprint density at radius 1 is 1.33 bits per heavy atom. The van der Waals surface area contributed by atoms with Gasteiger partial charge in [-0.25, -0.2) is 4.79 Å². The second kappa shape index (κ2) is 2.86. The molecule has 0 bridgehead atoms. The van der Waals surface area contributed by atoms with Crippen molar-refractivity contribution < 1.29 is 14.3 Å². The topological polar surface area (TPSA) is 50.4 Å². The highest BCUT2D eigenvalue weighted by atomic mass is 16.4. The van der Waals surface area contributed by atoms with Crippen LogP contribution in [0, 0.1) is 0 Å². The van der Waals surface area contributed by atoms with E-state index in [4.69, 9.17) is 9.52 Å². The normalized spacial score (nSPS) is 14.4. The van der Waals surface area contributed by atoms with E-state index in [9.17, 15) is 4.79 Å². The van der Waals surface area contributed by atoms with Crippen molar-refractivity contribution in [3.8, 4) is 0 Å². The molecule has 0 saturated heterocycles. The second-order valence-corrected chi connectivity index (χ2v) is 3.87. The van der Waals surface area contributed by atoms with Gasteiger partial charge in [0.1, 0.15) is 11.3 Å². The highest BCUT2D eigenvalue weighted by Gasteiger charge is 2.19. The maximum atomic E-state index is 10.8. The minimum Gasteiger partial charge on any atom is -0.478 e. The van der Waals surface area contributed by atoms with Crippen LogP contribution in [0.15, 0.2) is 22.6 Å². The number of furan rings is 1. The maximum Gasteiger partial charge on any atom is 0.335 e. The molecular formula is C12H10O3. The number of hydrogen-bond acceptors (Lipinski definition) is 2. The summed E-state index contributed by atoms with van der Waals surface area (Å²) in [6, 6.07) is 5.05. The summed E-state index contributed by atoms with van der Waals surface area (Å²) >= 11 is 0. The van der Waals surface area contributed by atoms with Crippen LogP contribution in [0.2, 0.25) is 0 Å². The molecule has 1 aliphatic rings. The molecule has 1 aromatic heterocycles. The first kappa shape index (κ1) is 8.53. The average molecular weight is 202 g/mol. The standard InChI is InChI=1S/C12H10O3/c13-12(14)7-4-5-11-9(6-7)8-2-1-3-10(8)15-11/h4-6H,1-3H2,(H,13,14). The van der Waals surface area contributed by atoms with E-state index in [0.29, 0.717) is 5.56 Å². The van der Waals surface area contributed by atoms with Crippen molar-refractivity contribution >= 4 is 16.9 Å². The zero-order valence-electron chi connectivity index (χ0n) is 8.12. The number of hydrogen-bond donors (Lipinski definition) is 1. The summed E-state index contributed by atoms with van der Waals surface area (Å²) in [6.07, 6.45) is 3.10. The van der Waals surface area contributed by atoms with Crippen molar-refractivity contribution in [3.63, 3.8) is 0 Å². The lowest BCUT2D eigenvalue weighted by molar-refractivity contribution is 0.0697. The van der Waals surface area contributed by atoms with Crippen LogP contribution in [0.5, 0.6) is 0 Å². The van der Waals surface area contributed by atoms with E-state index in [-0.39, 0.29) is 0 Å². The maximum absolute atomic E-state index is 10.8. The molecule has 1 aromatic carbocycles. The molecule has 0 amide bonds. The molecular weight excluding hydrogens is 192 g/mol. The molecule has 0 radical (unpaired) electrons. The molecule has 0 atom stereocenters. The van der Waals surface area contributed by atoms with Crippen LogP contribution in [0.4, 0.5) is 0 Å². The summed E-state index contributed by atoms with van der Waals surface area (Å²) in [5.74, 6) is 0.150. The van der Waals surface area contributed by atoms with Crippen molar-refractivity contribution in [3.05, 3.63) is 35.1 Å². The van der Waals surface area contributed by atoms with Gasteiger partial charge in [-0.15, -0.1) is 0 Å². The Morgan fingerprint density at radius 2 is 2.20 bits per heavy atom. The predicted octanol–water partition coefficient (Wildman–Crippen LogP) is 2.62. The van der Waals surface area contributed by atoms with Gasteiger partial charge in [-0.1, -0.05) is 0 Å². The van der Waals surface area contributed by atoms with Crippen molar-refractivity contribution in [2.75, 3.05) is 0 Å². The third kappa shape index (κ3) is 1.16. The summed E-state index contributed by atoms with van der Waals surface area (Å²) in [7, 11) is 0. The molecule has 0 spiro atoms. The number of carboxylic acid groups (broad SMARTS) is 1. The largest absolute Gasteiger partial charge is 0.478 e. The minimum atomic E-state index is -0.884. The summed E-state index contributed by atoms with van der Waals surface area (Å²) < 4.78 is 5.65. The molecule has 0 saturated carbocycles. The van der Waals surface area contributed by atoms with E-state index < -0.39 is 5.97 Å². The van der Waals surface area contributed by atoms with Crippen LogP contribution in [0.25, 0.3) is 11.0 Å². The molecule has 1 heterocycles. The number of carboxylic acids is 1. The lowest BCUT2D eigenvalue weighted by Gasteiger charge is -1.95. The zero-order chi connectivity index (χ0) is 10.4. The number of rotatable bonds is 1. The van der Waals surface area contributed by atoms with Crippen LogP contribution in [0.3, 0.4) is 0 Å². The molecule has 3 heteroatoms. The fourth-order valence-corrected chi connectivity index (χ4v) is 2.23. The second-order valence-electron chi connectivity index (χ2n) is 3.87. The summed E-state index contributed by atoms with van der Waals surface area (Å²) in [5, 5.41) is 9.87. The molecule has 3 rings (SSSR count). The summed E-state index contributed by atoms with van der Waals surface area (Å²) in [4.78, 5) is 10.8. The Labute approximate surface area is 86.3 Å². The minimum absolute atomic E-state index is 0.331. The molecule has 15 heavy (non-hydrogen) atoms. The van der Waals surface area contributed by atoms with Gasteiger partial charge in [0.25, 0.3) is 0 Å². The van der Waals surface area contributed by atoms with Gasteiger partial charge in [0.05, 0.1) is 5.56 Å². The molecule has 1 N–H and O–H groups in total. The van der Waals surface area contributed by atoms with Gasteiger partial charge in [0.2, 0.25) is 0 Å². The van der Waals surface area contributed by atoms with E-state index in [1.165, 1.54) is 5.56 Å². The van der Waals surface area contributed by atoms with Crippen molar-refractivity contribution in [2.45, 2.75) is 19.3 Å². The van der Waals surface area contributed by atoms with E-state index in [1.807, 2.05) is 0 Å². The van der Waals surface area contributed by atoms with Gasteiger partial charge in [0, 0.05) is 17.4 Å². The number of aromatic carboxylic acids is 1. The van der Waals surface area contributed by atoms with Gasteiger partial charge in [0.15, 0.2) is 0 Å². The van der Waals surface area contributed by atoms with E-state index in [2.05, 4.69) is 0 Å². The zero-order valence-corrected chi connectivity index (χ0v) is 8.12. The Hall–Kier alpha value is -1.77. The van der Waals surface area contributed by atoms with Crippen LogP contribution >= 0.6 is 0 Å². The summed E-state index contributed by atoms with van der Waals surface area (Å²) in [6.45, 7) is 0. The predicted molar refractivity (Wildman–Crippen MR) is 55.2 cm³/mol. The van der Waals surface area contributed by atoms with Gasteiger partial charge in [-0.2, -0.15) is 0 Å². The van der Waals surface area contributed by atoms with Crippen molar-refractivity contribution in [2.24, 2.45) is 0 Å².